The molecule has 0 saturated heterocycles. The van der Waals surface area contributed by atoms with Gasteiger partial charge in [0, 0.05) is 18.2 Å². The van der Waals surface area contributed by atoms with Gasteiger partial charge in [-0.3, -0.25) is 0 Å². The lowest BCUT2D eigenvalue weighted by Crippen LogP contribution is -2.03. The largest absolute Gasteiger partial charge is 0.465 e. The van der Waals surface area contributed by atoms with E-state index < -0.39 is 0 Å². The first-order valence-corrected chi connectivity index (χ1v) is 8.55. The van der Waals surface area contributed by atoms with Crippen LogP contribution >= 0.6 is 11.8 Å². The molecule has 0 atom stereocenters. The summed E-state index contributed by atoms with van der Waals surface area (Å²) in [6, 6.07) is 7.47. The molecule has 1 saturated carbocycles. The van der Waals surface area contributed by atoms with Crippen LogP contribution in [-0.2, 0) is 17.0 Å². The van der Waals surface area contributed by atoms with Crippen LogP contribution < -0.4 is 0 Å². The Morgan fingerprint density at radius 3 is 3.00 bits per heavy atom. The van der Waals surface area contributed by atoms with Crippen molar-refractivity contribution in [2.24, 2.45) is 0 Å². The van der Waals surface area contributed by atoms with Crippen molar-refractivity contribution < 1.29 is 9.53 Å². The number of thioether (sulfide) groups is 1. The van der Waals surface area contributed by atoms with Crippen molar-refractivity contribution in [2.45, 2.75) is 36.2 Å². The molecule has 23 heavy (non-hydrogen) atoms. The summed E-state index contributed by atoms with van der Waals surface area (Å²) in [5.74, 6) is 2.03. The van der Waals surface area contributed by atoms with Crippen molar-refractivity contribution in [3.05, 3.63) is 53.9 Å². The van der Waals surface area contributed by atoms with Gasteiger partial charge in [0.25, 0.3) is 0 Å². The molecule has 2 aromatic rings. The lowest BCUT2D eigenvalue weighted by Gasteiger charge is -2.07. The molecule has 3 rings (SSSR count). The molecule has 0 unspecified atom stereocenters. The van der Waals surface area contributed by atoms with Gasteiger partial charge in [-0.1, -0.05) is 30.0 Å². The first-order valence-electron chi connectivity index (χ1n) is 7.57. The number of nitrogens with zero attached hydrogens (tertiary/aromatic N) is 3. The first kappa shape index (κ1) is 15.8. The van der Waals surface area contributed by atoms with Crippen molar-refractivity contribution in [1.29, 1.82) is 0 Å². The second-order valence-electron chi connectivity index (χ2n) is 5.49. The van der Waals surface area contributed by atoms with Gasteiger partial charge in [0.05, 0.1) is 12.7 Å². The van der Waals surface area contributed by atoms with E-state index in [1.165, 1.54) is 20.0 Å². The zero-order valence-electron chi connectivity index (χ0n) is 13.1. The Morgan fingerprint density at radius 1 is 1.48 bits per heavy atom. The van der Waals surface area contributed by atoms with E-state index in [0.717, 1.165) is 28.8 Å². The summed E-state index contributed by atoms with van der Waals surface area (Å²) < 4.78 is 6.90. The molecule has 0 aliphatic heterocycles. The number of carbonyl (C=O) groups excluding carboxylic acids is 1. The minimum absolute atomic E-state index is 0.317. The summed E-state index contributed by atoms with van der Waals surface area (Å²) in [6.07, 6.45) is 4.26. The van der Waals surface area contributed by atoms with E-state index >= 15 is 0 Å². The Labute approximate surface area is 139 Å². The molecule has 0 spiro atoms. The molecular formula is C17H19N3O2S. The van der Waals surface area contributed by atoms with E-state index in [-0.39, 0.29) is 5.97 Å². The second kappa shape index (κ2) is 7.00. The van der Waals surface area contributed by atoms with Crippen LogP contribution in [0, 0.1) is 0 Å². The lowest BCUT2D eigenvalue weighted by molar-refractivity contribution is 0.0600. The smallest absolute Gasteiger partial charge is 0.337 e. The third kappa shape index (κ3) is 3.64. The summed E-state index contributed by atoms with van der Waals surface area (Å²) in [7, 11) is 1.39. The number of hydrogen-bond donors (Lipinski definition) is 0. The molecular weight excluding hydrogens is 310 g/mol. The molecule has 0 amide bonds. The number of allylic oxidation sites excluding steroid dienone is 1. The van der Waals surface area contributed by atoms with Crippen LogP contribution in [0.4, 0.5) is 0 Å². The zero-order chi connectivity index (χ0) is 16.2. The number of benzene rings is 1. The monoisotopic (exact) mass is 329 g/mol. The summed E-state index contributed by atoms with van der Waals surface area (Å²) in [4.78, 5) is 11.6. The SMILES string of the molecule is C=CCn1c(SCc2cccc(C(=O)OC)c2)nnc1C1CC1. The summed E-state index contributed by atoms with van der Waals surface area (Å²) in [5.41, 5.74) is 1.62. The van der Waals surface area contributed by atoms with Crippen LogP contribution in [-0.4, -0.2) is 27.8 Å². The molecule has 1 aromatic carbocycles. The van der Waals surface area contributed by atoms with Crippen LogP contribution in [0.1, 0.15) is 40.5 Å². The molecule has 5 nitrogen and oxygen atoms in total. The normalized spacial score (nSPS) is 13.8. The van der Waals surface area contributed by atoms with Crippen molar-refractivity contribution in [3.8, 4) is 0 Å². The molecule has 1 heterocycles. The Morgan fingerprint density at radius 2 is 2.30 bits per heavy atom. The Balaban J connectivity index is 1.73. The Kier molecular flexibility index (Phi) is 4.81. The van der Waals surface area contributed by atoms with Crippen LogP contribution in [0.25, 0.3) is 0 Å². The van der Waals surface area contributed by atoms with Crippen LogP contribution in [0.3, 0.4) is 0 Å². The van der Waals surface area contributed by atoms with Gasteiger partial charge in [0.1, 0.15) is 5.82 Å². The molecule has 0 radical (unpaired) electrons. The molecule has 120 valence electrons. The van der Waals surface area contributed by atoms with E-state index in [1.54, 1.807) is 17.8 Å². The number of ether oxygens (including phenoxy) is 1. The third-order valence-corrected chi connectivity index (χ3v) is 4.75. The van der Waals surface area contributed by atoms with E-state index in [4.69, 9.17) is 4.74 Å². The highest BCUT2D eigenvalue weighted by Gasteiger charge is 2.30. The van der Waals surface area contributed by atoms with Crippen molar-refractivity contribution >= 4 is 17.7 Å². The minimum atomic E-state index is -0.317. The molecule has 1 aromatic heterocycles. The van der Waals surface area contributed by atoms with Gasteiger partial charge in [0.15, 0.2) is 5.16 Å². The van der Waals surface area contributed by atoms with Crippen molar-refractivity contribution in [1.82, 2.24) is 14.8 Å². The van der Waals surface area contributed by atoms with E-state index in [9.17, 15) is 4.79 Å². The third-order valence-electron chi connectivity index (χ3n) is 3.72. The van der Waals surface area contributed by atoms with Crippen LogP contribution in [0.2, 0.25) is 0 Å². The second-order valence-corrected chi connectivity index (χ2v) is 6.44. The average molecular weight is 329 g/mol. The fourth-order valence-electron chi connectivity index (χ4n) is 2.40. The topological polar surface area (TPSA) is 57.0 Å². The van der Waals surface area contributed by atoms with Crippen LogP contribution in [0.5, 0.6) is 0 Å². The predicted molar refractivity (Wildman–Crippen MR) is 89.5 cm³/mol. The van der Waals surface area contributed by atoms with E-state index in [0.29, 0.717) is 11.5 Å². The molecule has 6 heteroatoms. The van der Waals surface area contributed by atoms with Gasteiger partial charge in [0.2, 0.25) is 0 Å². The summed E-state index contributed by atoms with van der Waals surface area (Å²) in [6.45, 7) is 4.54. The molecule has 0 bridgehead atoms. The van der Waals surface area contributed by atoms with E-state index in [2.05, 4.69) is 21.3 Å². The van der Waals surface area contributed by atoms with Crippen LogP contribution in [0.15, 0.2) is 42.1 Å². The Bertz CT molecular complexity index is 722. The van der Waals surface area contributed by atoms with E-state index in [1.807, 2.05) is 24.3 Å². The predicted octanol–water partition coefficient (Wildman–Crippen LogP) is 3.42. The number of rotatable bonds is 7. The van der Waals surface area contributed by atoms with Crippen molar-refractivity contribution in [2.75, 3.05) is 7.11 Å². The van der Waals surface area contributed by atoms with Crippen molar-refractivity contribution in [3.63, 3.8) is 0 Å². The molecule has 0 N–H and O–H groups in total. The quantitative estimate of drug-likeness (QED) is 0.442. The minimum Gasteiger partial charge on any atom is -0.465 e. The van der Waals surface area contributed by atoms with Gasteiger partial charge in [-0.05, 0) is 30.5 Å². The number of esters is 1. The van der Waals surface area contributed by atoms with Gasteiger partial charge in [-0.25, -0.2) is 4.79 Å². The highest BCUT2D eigenvalue weighted by atomic mass is 32.2. The van der Waals surface area contributed by atoms with Gasteiger partial charge >= 0.3 is 5.97 Å². The fourth-order valence-corrected chi connectivity index (χ4v) is 3.30. The fraction of sp³-hybridized carbons (Fsp3) is 0.353. The average Bonchev–Trinajstić information content (AvgIpc) is 3.35. The number of aromatic nitrogens is 3. The molecule has 1 aliphatic carbocycles. The zero-order valence-corrected chi connectivity index (χ0v) is 13.9. The lowest BCUT2D eigenvalue weighted by atomic mass is 10.1. The number of carbonyl (C=O) groups is 1. The molecule has 1 fully saturated rings. The highest BCUT2D eigenvalue weighted by molar-refractivity contribution is 7.98. The Hall–Kier alpha value is -2.08. The highest BCUT2D eigenvalue weighted by Crippen LogP contribution is 2.40. The molecule has 1 aliphatic rings. The first-order chi connectivity index (χ1) is 11.2. The van der Waals surface area contributed by atoms with Gasteiger partial charge in [-0.15, -0.1) is 16.8 Å². The number of methoxy groups -OCH3 is 1. The standard InChI is InChI=1S/C17H19N3O2S/c1-3-9-20-15(13-7-8-13)18-19-17(20)23-11-12-5-4-6-14(10-12)16(21)22-2/h3-6,10,13H,1,7-9,11H2,2H3. The maximum Gasteiger partial charge on any atom is 0.337 e. The summed E-state index contributed by atoms with van der Waals surface area (Å²) in [5, 5.41) is 9.56. The summed E-state index contributed by atoms with van der Waals surface area (Å²) >= 11 is 1.62. The van der Waals surface area contributed by atoms with Gasteiger partial charge < -0.3 is 9.30 Å². The van der Waals surface area contributed by atoms with Gasteiger partial charge in [-0.2, -0.15) is 0 Å². The number of hydrogen-bond acceptors (Lipinski definition) is 5. The maximum absolute atomic E-state index is 11.6. The maximum atomic E-state index is 11.6.